The molecule has 4 saturated heterocycles. The van der Waals surface area contributed by atoms with Crippen molar-refractivity contribution in [1.29, 1.82) is 0 Å². The van der Waals surface area contributed by atoms with Gasteiger partial charge in [0.1, 0.15) is 42.7 Å². The van der Waals surface area contributed by atoms with Gasteiger partial charge in [0.2, 0.25) is 0 Å². The van der Waals surface area contributed by atoms with Gasteiger partial charge in [0.25, 0.3) is 0 Å². The molecule has 7 rings (SSSR count). The lowest BCUT2D eigenvalue weighted by atomic mass is 9.95. The van der Waals surface area contributed by atoms with E-state index in [0.29, 0.717) is 6.61 Å². The lowest BCUT2D eigenvalue weighted by Crippen LogP contribution is -2.63. The predicted octanol–water partition coefficient (Wildman–Crippen LogP) is 6.47. The highest BCUT2D eigenvalue weighted by Gasteiger charge is 2.61. The molecule has 0 bridgehead atoms. The predicted molar refractivity (Wildman–Crippen MR) is 203 cm³/mol. The summed E-state index contributed by atoms with van der Waals surface area (Å²) in [7, 11) is 0. The Morgan fingerprint density at radius 3 is 1.68 bits per heavy atom. The zero-order valence-corrected chi connectivity index (χ0v) is 33.4. The molecule has 4 heterocycles. The van der Waals surface area contributed by atoms with Crippen LogP contribution < -0.4 is 0 Å². The Labute approximate surface area is 329 Å². The Hall–Kier alpha value is -3.27. The first-order valence-electron chi connectivity index (χ1n) is 19.5. The molecule has 3 aromatic rings. The van der Waals surface area contributed by atoms with Crippen LogP contribution in [0.15, 0.2) is 91.0 Å². The van der Waals surface area contributed by atoms with Crippen LogP contribution >= 0.6 is 0 Å². The summed E-state index contributed by atoms with van der Waals surface area (Å²) in [5, 5.41) is 0. The van der Waals surface area contributed by atoms with E-state index in [1.807, 2.05) is 119 Å². The van der Waals surface area contributed by atoms with E-state index in [-0.39, 0.29) is 26.4 Å². The molecule has 10 atom stereocenters. The third kappa shape index (κ3) is 10.0. The highest BCUT2D eigenvalue weighted by Crippen LogP contribution is 2.44. The Balaban J connectivity index is 1.19. The van der Waals surface area contributed by atoms with Gasteiger partial charge in [0.15, 0.2) is 30.3 Å². The molecule has 0 N–H and O–H groups in total. The Bertz CT molecular complexity index is 1700. The van der Waals surface area contributed by atoms with Gasteiger partial charge >= 0.3 is 5.97 Å². The molecule has 0 aliphatic carbocycles. The second kappa shape index (κ2) is 17.3. The molecule has 12 nitrogen and oxygen atoms in total. The topological polar surface area (TPSA) is 119 Å². The molecule has 3 aromatic carbocycles. The van der Waals surface area contributed by atoms with Crippen LogP contribution in [0.1, 0.15) is 65.2 Å². The monoisotopic (exact) mass is 776 g/mol. The summed E-state index contributed by atoms with van der Waals surface area (Å²) < 4.78 is 71.1. The second-order valence-electron chi connectivity index (χ2n) is 16.7. The quantitative estimate of drug-likeness (QED) is 0.167. The van der Waals surface area contributed by atoms with Gasteiger partial charge in [-0.1, -0.05) is 91.0 Å². The number of rotatable bonds is 14. The van der Waals surface area contributed by atoms with Crippen molar-refractivity contribution in [2.75, 3.05) is 13.2 Å². The first-order valence-corrected chi connectivity index (χ1v) is 19.5. The van der Waals surface area contributed by atoms with Gasteiger partial charge in [0.05, 0.1) is 38.4 Å². The minimum Gasteiger partial charge on any atom is -0.454 e. The molecular weight excluding hydrogens is 720 g/mol. The van der Waals surface area contributed by atoms with Crippen LogP contribution in [-0.2, 0) is 76.7 Å². The fourth-order valence-corrected chi connectivity index (χ4v) is 7.38. The lowest BCUT2D eigenvalue weighted by Gasteiger charge is -2.46. The van der Waals surface area contributed by atoms with Gasteiger partial charge in [-0.05, 0) is 65.2 Å². The molecule has 4 fully saturated rings. The molecule has 12 heteroatoms. The number of carbonyl (C=O) groups is 1. The Kier molecular flexibility index (Phi) is 12.6. The highest BCUT2D eigenvalue weighted by atomic mass is 16.9. The minimum absolute atomic E-state index is 0.0135. The normalized spacial score (nSPS) is 32.1. The molecule has 304 valence electrons. The molecule has 56 heavy (non-hydrogen) atoms. The van der Waals surface area contributed by atoms with E-state index in [9.17, 15) is 4.79 Å². The number of hydrogen-bond acceptors (Lipinski definition) is 12. The van der Waals surface area contributed by atoms with Gasteiger partial charge in [-0.15, -0.1) is 0 Å². The molecule has 4 aliphatic heterocycles. The highest BCUT2D eigenvalue weighted by molar-refractivity contribution is 5.75. The molecule has 0 unspecified atom stereocenters. The maximum Gasteiger partial charge on any atom is 0.311 e. The Morgan fingerprint density at radius 2 is 1.09 bits per heavy atom. The van der Waals surface area contributed by atoms with Crippen molar-refractivity contribution in [3.63, 3.8) is 0 Å². The molecule has 0 amide bonds. The molecule has 0 aromatic heterocycles. The molecule has 4 aliphatic rings. The zero-order valence-electron chi connectivity index (χ0n) is 33.4. The maximum absolute atomic E-state index is 13.8. The van der Waals surface area contributed by atoms with E-state index in [1.165, 1.54) is 0 Å². The van der Waals surface area contributed by atoms with Crippen molar-refractivity contribution in [1.82, 2.24) is 0 Å². The fraction of sp³-hybridized carbons (Fsp3) is 0.568. The van der Waals surface area contributed by atoms with E-state index >= 15 is 0 Å². The summed E-state index contributed by atoms with van der Waals surface area (Å²) in [5.74, 6) is -2.22. The van der Waals surface area contributed by atoms with Crippen LogP contribution in [0.25, 0.3) is 0 Å². The van der Waals surface area contributed by atoms with Gasteiger partial charge < -0.3 is 52.1 Å². The summed E-state index contributed by atoms with van der Waals surface area (Å²) in [4.78, 5) is 13.8. The van der Waals surface area contributed by atoms with E-state index in [4.69, 9.17) is 52.1 Å². The fourth-order valence-electron chi connectivity index (χ4n) is 7.38. The van der Waals surface area contributed by atoms with Gasteiger partial charge in [0, 0.05) is 0 Å². The summed E-state index contributed by atoms with van der Waals surface area (Å²) in [5.41, 5.74) is 2.07. The van der Waals surface area contributed by atoms with Crippen molar-refractivity contribution in [3.8, 4) is 0 Å². The van der Waals surface area contributed by atoms with E-state index < -0.39 is 84.4 Å². The zero-order chi connectivity index (χ0) is 39.5. The second-order valence-corrected chi connectivity index (χ2v) is 16.7. The standard InChI is InChI=1S/C44H56O12/c1-42(2,3)41(45)52-37-35(48-25-30-21-15-10-16-22-30)33(47-24-29-19-13-9-14-20-29)31(26-46-23-28-17-11-8-12-18-28)50-39(37)49-27-32-34-36(54-43(4,5)53-34)38-40(51-32)56-44(6,7)55-38/h8-22,31-40H,23-27H2,1-7H3/t31-,32-,33-,34+,35+,36+,37-,38-,39-,40-/m1/s1. The van der Waals surface area contributed by atoms with Crippen molar-refractivity contribution in [2.45, 2.75) is 141 Å². The molecule has 0 spiro atoms. The SMILES string of the molecule is CC1(C)O[C@H]2[C@@H](O1)[C@@H](CO[C@@H]1O[C@H](COCc3ccccc3)[C@@H](OCc3ccccc3)[C@H](OCc3ccccc3)[C@H]1OC(=O)C(C)(C)C)O[C@@H]1OC(C)(C)O[C@@H]12. The summed E-state index contributed by atoms with van der Waals surface area (Å²) in [6.45, 7) is 13.7. The maximum atomic E-state index is 13.8. The number of carbonyl (C=O) groups excluding carboxylic acids is 1. The van der Waals surface area contributed by atoms with E-state index in [1.54, 1.807) is 20.8 Å². The van der Waals surface area contributed by atoms with Crippen LogP contribution in [0.5, 0.6) is 0 Å². The largest absolute Gasteiger partial charge is 0.454 e. The van der Waals surface area contributed by atoms with Crippen molar-refractivity contribution in [2.24, 2.45) is 5.41 Å². The minimum atomic E-state index is -1.11. The molecule has 0 radical (unpaired) electrons. The summed E-state index contributed by atoms with van der Waals surface area (Å²) in [6.07, 6.45) is -7.30. The number of benzene rings is 3. The Morgan fingerprint density at radius 1 is 0.571 bits per heavy atom. The van der Waals surface area contributed by atoms with E-state index in [0.717, 1.165) is 16.7 Å². The summed E-state index contributed by atoms with van der Waals surface area (Å²) >= 11 is 0. The van der Waals surface area contributed by atoms with Crippen LogP contribution in [0, 0.1) is 5.41 Å². The van der Waals surface area contributed by atoms with Gasteiger partial charge in [-0.2, -0.15) is 0 Å². The third-order valence-corrected chi connectivity index (χ3v) is 10.1. The van der Waals surface area contributed by atoms with Gasteiger partial charge in [-0.25, -0.2) is 0 Å². The van der Waals surface area contributed by atoms with Crippen LogP contribution in [0.4, 0.5) is 0 Å². The molecular formula is C44H56O12. The van der Waals surface area contributed by atoms with Crippen molar-refractivity contribution >= 4 is 5.97 Å². The van der Waals surface area contributed by atoms with E-state index in [2.05, 4.69) is 0 Å². The van der Waals surface area contributed by atoms with Crippen molar-refractivity contribution in [3.05, 3.63) is 108 Å². The number of fused-ring (bicyclic) bond motifs is 3. The average molecular weight is 777 g/mol. The van der Waals surface area contributed by atoms with Crippen LogP contribution in [0.2, 0.25) is 0 Å². The number of ether oxygens (including phenoxy) is 11. The van der Waals surface area contributed by atoms with Crippen LogP contribution in [-0.4, -0.2) is 92.2 Å². The lowest BCUT2D eigenvalue weighted by molar-refractivity contribution is -0.331. The third-order valence-electron chi connectivity index (χ3n) is 10.1. The smallest absolute Gasteiger partial charge is 0.311 e. The molecule has 0 saturated carbocycles. The average Bonchev–Trinajstić information content (AvgIpc) is 3.67. The first kappa shape index (κ1) is 40.9. The van der Waals surface area contributed by atoms with Crippen molar-refractivity contribution < 1.29 is 56.9 Å². The van der Waals surface area contributed by atoms with Gasteiger partial charge in [-0.3, -0.25) is 4.79 Å². The first-order chi connectivity index (χ1) is 26.7. The van der Waals surface area contributed by atoms with Crippen LogP contribution in [0.3, 0.4) is 0 Å². The number of esters is 1. The number of hydrogen-bond donors (Lipinski definition) is 0. The summed E-state index contributed by atoms with van der Waals surface area (Å²) in [6, 6.07) is 29.6.